The Kier molecular flexibility index (Phi) is 6.80. The third-order valence-corrected chi connectivity index (χ3v) is 4.34. The van der Waals surface area contributed by atoms with E-state index >= 15 is 0 Å². The summed E-state index contributed by atoms with van der Waals surface area (Å²) in [4.78, 5) is 21.4. The van der Waals surface area contributed by atoms with Crippen molar-refractivity contribution < 1.29 is 9.53 Å². The van der Waals surface area contributed by atoms with Crippen molar-refractivity contribution in [3.8, 4) is 0 Å². The van der Waals surface area contributed by atoms with E-state index in [1.165, 1.54) is 0 Å². The fourth-order valence-corrected chi connectivity index (χ4v) is 2.91. The van der Waals surface area contributed by atoms with Crippen molar-refractivity contribution in [2.24, 2.45) is 0 Å². The van der Waals surface area contributed by atoms with Crippen molar-refractivity contribution in [1.82, 2.24) is 15.2 Å². The van der Waals surface area contributed by atoms with Crippen LogP contribution in [0.5, 0.6) is 0 Å². The number of likely N-dealkylation sites (N-methyl/N-ethyl adjacent to an activating group) is 1. The molecule has 1 unspecified atom stereocenters. The molecule has 6 heteroatoms. The molecule has 128 valence electrons. The molecule has 1 aliphatic heterocycles. The average molecular weight is 320 g/mol. The summed E-state index contributed by atoms with van der Waals surface area (Å²) in [5.74, 6) is 0.697. The van der Waals surface area contributed by atoms with Gasteiger partial charge >= 0.3 is 0 Å². The van der Waals surface area contributed by atoms with Crippen LogP contribution in [-0.2, 0) is 4.74 Å². The number of carbonyl (C=O) groups is 1. The van der Waals surface area contributed by atoms with Crippen molar-refractivity contribution >= 4 is 11.7 Å². The Morgan fingerprint density at radius 2 is 2.09 bits per heavy atom. The molecule has 23 heavy (non-hydrogen) atoms. The van der Waals surface area contributed by atoms with E-state index in [-0.39, 0.29) is 5.91 Å². The number of rotatable bonds is 7. The highest BCUT2D eigenvalue weighted by Crippen LogP contribution is 2.18. The maximum atomic E-state index is 12.6. The Morgan fingerprint density at radius 3 is 2.74 bits per heavy atom. The summed E-state index contributed by atoms with van der Waals surface area (Å²) in [5, 5.41) is 3.05. The van der Waals surface area contributed by atoms with E-state index in [9.17, 15) is 4.79 Å². The Bertz CT molecular complexity index is 499. The molecule has 1 aromatic heterocycles. The maximum Gasteiger partial charge on any atom is 0.255 e. The lowest BCUT2D eigenvalue weighted by Gasteiger charge is -2.29. The van der Waals surface area contributed by atoms with Gasteiger partial charge in [0.2, 0.25) is 0 Å². The van der Waals surface area contributed by atoms with E-state index in [0.29, 0.717) is 31.4 Å². The fourth-order valence-electron chi connectivity index (χ4n) is 2.91. The highest BCUT2D eigenvalue weighted by Gasteiger charge is 2.20. The van der Waals surface area contributed by atoms with Gasteiger partial charge in [-0.1, -0.05) is 13.8 Å². The smallest absolute Gasteiger partial charge is 0.255 e. The minimum absolute atomic E-state index is 0.0569. The van der Waals surface area contributed by atoms with Crippen LogP contribution in [0.3, 0.4) is 0 Å². The lowest BCUT2D eigenvalue weighted by atomic mass is 10.2. The van der Waals surface area contributed by atoms with Gasteiger partial charge in [-0.15, -0.1) is 0 Å². The SMILES string of the molecule is CCN(CC)C(C)CNC(=O)c1cccnc1N1CCOCC1. The summed E-state index contributed by atoms with van der Waals surface area (Å²) in [6.45, 7) is 11.9. The van der Waals surface area contributed by atoms with Crippen LogP contribution in [0.15, 0.2) is 18.3 Å². The molecule has 2 rings (SSSR count). The first kappa shape index (κ1) is 17.7. The van der Waals surface area contributed by atoms with E-state index in [2.05, 4.69) is 40.9 Å². The molecule has 0 saturated carbocycles. The number of aromatic nitrogens is 1. The van der Waals surface area contributed by atoms with Gasteiger partial charge in [-0.3, -0.25) is 9.69 Å². The Balaban J connectivity index is 2.02. The third kappa shape index (κ3) is 4.65. The molecule has 1 aliphatic rings. The lowest BCUT2D eigenvalue weighted by molar-refractivity contribution is 0.0936. The monoisotopic (exact) mass is 320 g/mol. The topological polar surface area (TPSA) is 57.7 Å². The van der Waals surface area contributed by atoms with Gasteiger partial charge < -0.3 is 15.0 Å². The summed E-state index contributed by atoms with van der Waals surface area (Å²) in [7, 11) is 0. The highest BCUT2D eigenvalue weighted by molar-refractivity contribution is 5.98. The van der Waals surface area contributed by atoms with Crippen LogP contribution in [0, 0.1) is 0 Å². The first-order valence-electron chi connectivity index (χ1n) is 8.47. The van der Waals surface area contributed by atoms with E-state index < -0.39 is 0 Å². The minimum Gasteiger partial charge on any atom is -0.378 e. The van der Waals surface area contributed by atoms with Gasteiger partial charge in [0.15, 0.2) is 0 Å². The van der Waals surface area contributed by atoms with Gasteiger partial charge in [-0.05, 0) is 32.1 Å². The first-order chi connectivity index (χ1) is 11.2. The number of pyridine rings is 1. The number of hydrogen-bond donors (Lipinski definition) is 1. The Hall–Kier alpha value is -1.66. The predicted octanol–water partition coefficient (Wildman–Crippen LogP) is 1.38. The summed E-state index contributed by atoms with van der Waals surface area (Å²) in [6.07, 6.45) is 1.74. The van der Waals surface area contributed by atoms with Gasteiger partial charge in [0.1, 0.15) is 5.82 Å². The molecule has 1 aromatic rings. The van der Waals surface area contributed by atoms with Gasteiger partial charge in [0.25, 0.3) is 5.91 Å². The summed E-state index contributed by atoms with van der Waals surface area (Å²) in [5.41, 5.74) is 0.640. The van der Waals surface area contributed by atoms with Crippen LogP contribution in [-0.4, -0.2) is 67.8 Å². The lowest BCUT2D eigenvalue weighted by Crippen LogP contribution is -2.43. The van der Waals surface area contributed by atoms with E-state index in [1.54, 1.807) is 6.20 Å². The number of nitrogens with zero attached hydrogens (tertiary/aromatic N) is 3. The summed E-state index contributed by atoms with van der Waals surface area (Å²) >= 11 is 0. The molecule has 1 N–H and O–H groups in total. The second-order valence-electron chi connectivity index (χ2n) is 5.75. The Labute approximate surface area is 138 Å². The largest absolute Gasteiger partial charge is 0.378 e. The predicted molar refractivity (Wildman–Crippen MR) is 92.0 cm³/mol. The summed E-state index contributed by atoms with van der Waals surface area (Å²) < 4.78 is 5.38. The zero-order chi connectivity index (χ0) is 16.7. The first-order valence-corrected chi connectivity index (χ1v) is 8.47. The number of hydrogen-bond acceptors (Lipinski definition) is 5. The van der Waals surface area contributed by atoms with Gasteiger partial charge in [-0.25, -0.2) is 4.98 Å². The molecule has 0 aliphatic carbocycles. The van der Waals surface area contributed by atoms with Crippen molar-refractivity contribution in [3.05, 3.63) is 23.9 Å². The molecule has 0 aromatic carbocycles. The highest BCUT2D eigenvalue weighted by atomic mass is 16.5. The molecular weight excluding hydrogens is 292 g/mol. The van der Waals surface area contributed by atoms with E-state index in [4.69, 9.17) is 4.74 Å². The third-order valence-electron chi connectivity index (χ3n) is 4.34. The molecule has 1 atom stereocenters. The van der Waals surface area contributed by atoms with Crippen LogP contribution in [0.2, 0.25) is 0 Å². The van der Waals surface area contributed by atoms with Crippen LogP contribution in [0.1, 0.15) is 31.1 Å². The van der Waals surface area contributed by atoms with Gasteiger partial charge in [0.05, 0.1) is 18.8 Å². The van der Waals surface area contributed by atoms with Crippen LogP contribution >= 0.6 is 0 Å². The minimum atomic E-state index is -0.0569. The second kappa shape index (κ2) is 8.84. The molecule has 0 spiro atoms. The maximum absolute atomic E-state index is 12.6. The normalized spacial score (nSPS) is 16.4. The number of morpholine rings is 1. The molecule has 1 saturated heterocycles. The zero-order valence-corrected chi connectivity index (χ0v) is 14.4. The molecule has 6 nitrogen and oxygen atoms in total. The molecule has 2 heterocycles. The number of carbonyl (C=O) groups excluding carboxylic acids is 1. The number of anilines is 1. The molecular formula is C17H28N4O2. The Morgan fingerprint density at radius 1 is 1.39 bits per heavy atom. The molecule has 0 bridgehead atoms. The van der Waals surface area contributed by atoms with Gasteiger partial charge in [0, 0.05) is 31.9 Å². The van der Waals surface area contributed by atoms with E-state index in [1.807, 2.05) is 12.1 Å². The van der Waals surface area contributed by atoms with Crippen LogP contribution in [0.25, 0.3) is 0 Å². The van der Waals surface area contributed by atoms with Gasteiger partial charge in [-0.2, -0.15) is 0 Å². The van der Waals surface area contributed by atoms with Crippen molar-refractivity contribution in [2.45, 2.75) is 26.8 Å². The van der Waals surface area contributed by atoms with Crippen LogP contribution < -0.4 is 10.2 Å². The molecule has 1 amide bonds. The molecule has 0 radical (unpaired) electrons. The average Bonchev–Trinajstić information content (AvgIpc) is 2.61. The standard InChI is InChI=1S/C17H28N4O2/c1-4-20(5-2)14(3)13-19-17(22)15-7-6-8-18-16(15)21-9-11-23-12-10-21/h6-8,14H,4-5,9-13H2,1-3H3,(H,19,22). The van der Waals surface area contributed by atoms with Crippen molar-refractivity contribution in [3.63, 3.8) is 0 Å². The number of ether oxygens (including phenoxy) is 1. The molecule has 1 fully saturated rings. The second-order valence-corrected chi connectivity index (χ2v) is 5.75. The van der Waals surface area contributed by atoms with Crippen molar-refractivity contribution in [2.75, 3.05) is 50.8 Å². The number of amides is 1. The summed E-state index contributed by atoms with van der Waals surface area (Å²) in [6, 6.07) is 3.97. The quantitative estimate of drug-likeness (QED) is 0.822. The van der Waals surface area contributed by atoms with Crippen molar-refractivity contribution in [1.29, 1.82) is 0 Å². The number of nitrogens with one attached hydrogen (secondary N) is 1. The van der Waals surface area contributed by atoms with E-state index in [0.717, 1.165) is 32.0 Å². The fraction of sp³-hybridized carbons (Fsp3) is 0.647. The van der Waals surface area contributed by atoms with Crippen LogP contribution in [0.4, 0.5) is 5.82 Å². The zero-order valence-electron chi connectivity index (χ0n) is 14.4.